The molecule has 1 aromatic rings. The molecule has 5 atom stereocenters. The van der Waals surface area contributed by atoms with E-state index in [-0.39, 0.29) is 6.10 Å². The van der Waals surface area contributed by atoms with Crippen molar-refractivity contribution < 1.29 is 5.11 Å². The van der Waals surface area contributed by atoms with Crippen LogP contribution in [0.3, 0.4) is 0 Å². The summed E-state index contributed by atoms with van der Waals surface area (Å²) in [5.41, 5.74) is 3.24. The molecule has 1 aromatic carbocycles. The summed E-state index contributed by atoms with van der Waals surface area (Å²) in [6, 6.07) is 9.01. The fourth-order valence-electron chi connectivity index (χ4n) is 5.33. The third-order valence-corrected chi connectivity index (χ3v) is 6.55. The van der Waals surface area contributed by atoms with Crippen LogP contribution in [0.1, 0.15) is 43.2 Å². The van der Waals surface area contributed by atoms with E-state index < -0.39 is 0 Å². The Morgan fingerprint density at radius 2 is 2.00 bits per heavy atom. The molecule has 3 saturated carbocycles. The first-order valence-corrected chi connectivity index (χ1v) is 7.94. The molecule has 1 heteroatoms. The fraction of sp³-hybridized carbons (Fsp3) is 0.667. The summed E-state index contributed by atoms with van der Waals surface area (Å²) in [6.07, 6.45) is 7.78. The minimum absolute atomic E-state index is 0.0422. The number of hydrogen-bond acceptors (Lipinski definition) is 1. The lowest BCUT2D eigenvalue weighted by Gasteiger charge is -2.60. The molecule has 3 aliphatic carbocycles. The number of aryl methyl sites for hydroxylation is 2. The van der Waals surface area contributed by atoms with Crippen molar-refractivity contribution in [3.63, 3.8) is 0 Å². The van der Waals surface area contributed by atoms with E-state index in [0.717, 1.165) is 24.2 Å². The Kier molecular flexibility index (Phi) is 2.57. The van der Waals surface area contributed by atoms with Crippen molar-refractivity contribution in [2.24, 2.45) is 23.2 Å². The number of hydrogen-bond donors (Lipinski definition) is 1. The van der Waals surface area contributed by atoms with Crippen molar-refractivity contribution in [1.29, 1.82) is 0 Å². The molecular formula is C18H24O. The van der Waals surface area contributed by atoms with Gasteiger partial charge in [0, 0.05) is 5.41 Å². The van der Waals surface area contributed by atoms with Crippen LogP contribution in [0.4, 0.5) is 0 Å². The molecule has 1 spiro atoms. The van der Waals surface area contributed by atoms with Gasteiger partial charge in [-0.1, -0.05) is 29.8 Å². The first-order chi connectivity index (χ1) is 9.20. The van der Waals surface area contributed by atoms with E-state index in [2.05, 4.69) is 31.2 Å². The predicted molar refractivity (Wildman–Crippen MR) is 76.9 cm³/mol. The van der Waals surface area contributed by atoms with Gasteiger partial charge in [0.1, 0.15) is 0 Å². The molecule has 102 valence electrons. The normalized spacial score (nSPS) is 43.1. The molecule has 0 heterocycles. The second-order valence-corrected chi connectivity index (χ2v) is 7.23. The lowest BCUT2D eigenvalue weighted by atomic mass is 9.46. The SMILES string of the molecule is Cc1ccc(CCC2CC3CC(O)C34CCC24)cc1. The zero-order valence-corrected chi connectivity index (χ0v) is 11.8. The molecule has 19 heavy (non-hydrogen) atoms. The highest BCUT2D eigenvalue weighted by molar-refractivity contribution is 5.22. The van der Waals surface area contributed by atoms with Gasteiger partial charge in [0.2, 0.25) is 0 Å². The molecular weight excluding hydrogens is 232 g/mol. The van der Waals surface area contributed by atoms with Crippen molar-refractivity contribution in [3.05, 3.63) is 35.4 Å². The zero-order valence-electron chi connectivity index (χ0n) is 11.8. The maximum atomic E-state index is 10.1. The summed E-state index contributed by atoms with van der Waals surface area (Å²) in [5.74, 6) is 2.60. The van der Waals surface area contributed by atoms with E-state index in [1.165, 1.54) is 43.2 Å². The largest absolute Gasteiger partial charge is 0.393 e. The summed E-state index contributed by atoms with van der Waals surface area (Å²) in [4.78, 5) is 0. The Hall–Kier alpha value is -0.820. The number of benzene rings is 1. The van der Waals surface area contributed by atoms with Gasteiger partial charge in [0.15, 0.2) is 0 Å². The van der Waals surface area contributed by atoms with Crippen LogP contribution in [0.2, 0.25) is 0 Å². The van der Waals surface area contributed by atoms with Crippen LogP contribution in [-0.2, 0) is 6.42 Å². The van der Waals surface area contributed by atoms with E-state index in [9.17, 15) is 5.11 Å². The lowest BCUT2D eigenvalue weighted by molar-refractivity contribution is -0.182. The predicted octanol–water partition coefficient (Wildman–Crippen LogP) is 3.72. The zero-order chi connectivity index (χ0) is 13.0. The monoisotopic (exact) mass is 256 g/mol. The smallest absolute Gasteiger partial charge is 0.0604 e. The van der Waals surface area contributed by atoms with Gasteiger partial charge in [-0.05, 0) is 68.8 Å². The molecule has 0 aromatic heterocycles. The van der Waals surface area contributed by atoms with Gasteiger partial charge in [-0.25, -0.2) is 0 Å². The molecule has 0 saturated heterocycles. The summed E-state index contributed by atoms with van der Waals surface area (Å²) < 4.78 is 0. The Morgan fingerprint density at radius 3 is 2.58 bits per heavy atom. The van der Waals surface area contributed by atoms with Gasteiger partial charge in [0.25, 0.3) is 0 Å². The third-order valence-electron chi connectivity index (χ3n) is 6.55. The van der Waals surface area contributed by atoms with Crippen LogP contribution in [0.5, 0.6) is 0 Å². The number of rotatable bonds is 3. The molecule has 0 amide bonds. The first kappa shape index (κ1) is 12.0. The van der Waals surface area contributed by atoms with Crippen LogP contribution in [0.15, 0.2) is 24.3 Å². The molecule has 3 fully saturated rings. The second-order valence-electron chi connectivity index (χ2n) is 7.23. The molecule has 4 rings (SSSR count). The number of aliphatic hydroxyl groups is 1. The molecule has 5 unspecified atom stereocenters. The maximum Gasteiger partial charge on any atom is 0.0604 e. The topological polar surface area (TPSA) is 20.2 Å². The molecule has 0 radical (unpaired) electrons. The van der Waals surface area contributed by atoms with E-state index in [4.69, 9.17) is 0 Å². The van der Waals surface area contributed by atoms with Crippen LogP contribution in [-0.4, -0.2) is 11.2 Å². The average molecular weight is 256 g/mol. The second kappa shape index (κ2) is 4.09. The molecule has 0 bridgehead atoms. The van der Waals surface area contributed by atoms with Gasteiger partial charge >= 0.3 is 0 Å². The standard InChI is InChI=1S/C18H24O/c1-12-2-4-13(5-3-12)6-7-14-10-15-11-17(19)18(15)9-8-16(14)18/h2-5,14-17,19H,6-11H2,1H3. The minimum atomic E-state index is 0.0422. The van der Waals surface area contributed by atoms with E-state index in [1.807, 2.05) is 0 Å². The van der Waals surface area contributed by atoms with Crippen molar-refractivity contribution in [2.45, 2.75) is 51.6 Å². The maximum absolute atomic E-state index is 10.1. The Labute approximate surface area is 116 Å². The summed E-state index contributed by atoms with van der Waals surface area (Å²) >= 11 is 0. The highest BCUT2D eigenvalue weighted by Gasteiger charge is 2.68. The third kappa shape index (κ3) is 1.57. The van der Waals surface area contributed by atoms with Gasteiger partial charge in [-0.2, -0.15) is 0 Å². The van der Waals surface area contributed by atoms with Crippen LogP contribution < -0.4 is 0 Å². The molecule has 3 aliphatic rings. The highest BCUT2D eigenvalue weighted by atomic mass is 16.3. The van der Waals surface area contributed by atoms with Crippen LogP contribution in [0.25, 0.3) is 0 Å². The average Bonchev–Trinajstić information content (AvgIpc) is 2.51. The fourth-order valence-corrected chi connectivity index (χ4v) is 5.33. The van der Waals surface area contributed by atoms with Crippen molar-refractivity contribution >= 4 is 0 Å². The Bertz CT molecular complexity index is 477. The van der Waals surface area contributed by atoms with Crippen molar-refractivity contribution in [2.75, 3.05) is 0 Å². The summed E-state index contributed by atoms with van der Waals surface area (Å²) in [5, 5.41) is 10.1. The molecule has 1 N–H and O–H groups in total. The van der Waals surface area contributed by atoms with Gasteiger partial charge in [-0.3, -0.25) is 0 Å². The first-order valence-electron chi connectivity index (χ1n) is 7.94. The quantitative estimate of drug-likeness (QED) is 0.873. The van der Waals surface area contributed by atoms with E-state index in [1.54, 1.807) is 0 Å². The summed E-state index contributed by atoms with van der Waals surface area (Å²) in [7, 11) is 0. The van der Waals surface area contributed by atoms with Crippen molar-refractivity contribution in [1.82, 2.24) is 0 Å². The van der Waals surface area contributed by atoms with E-state index in [0.29, 0.717) is 5.41 Å². The Morgan fingerprint density at radius 1 is 1.21 bits per heavy atom. The van der Waals surface area contributed by atoms with Gasteiger partial charge in [-0.15, -0.1) is 0 Å². The van der Waals surface area contributed by atoms with Crippen LogP contribution in [0, 0.1) is 30.1 Å². The number of aliphatic hydroxyl groups excluding tert-OH is 1. The highest BCUT2D eigenvalue weighted by Crippen LogP contribution is 2.72. The Balaban J connectivity index is 1.41. The van der Waals surface area contributed by atoms with Crippen molar-refractivity contribution in [3.8, 4) is 0 Å². The molecule has 0 aliphatic heterocycles. The lowest BCUT2D eigenvalue weighted by Crippen LogP contribution is -2.59. The minimum Gasteiger partial charge on any atom is -0.393 e. The van der Waals surface area contributed by atoms with Crippen LogP contribution >= 0.6 is 0 Å². The summed E-state index contributed by atoms with van der Waals surface area (Å²) in [6.45, 7) is 2.15. The van der Waals surface area contributed by atoms with E-state index >= 15 is 0 Å². The molecule has 1 nitrogen and oxygen atoms in total. The van der Waals surface area contributed by atoms with Gasteiger partial charge in [0.05, 0.1) is 6.10 Å². The van der Waals surface area contributed by atoms with Gasteiger partial charge < -0.3 is 5.11 Å².